The van der Waals surface area contributed by atoms with E-state index in [0.29, 0.717) is 31.1 Å². The lowest BCUT2D eigenvalue weighted by atomic mass is 9.93. The number of rotatable bonds is 7. The number of carbonyl (C=O) groups is 1. The maximum atomic E-state index is 11.2. The first-order valence-corrected chi connectivity index (χ1v) is 6.49. The second kappa shape index (κ2) is 7.21. The number of nitrogens with two attached hydrogens (primary N) is 1. The van der Waals surface area contributed by atoms with E-state index < -0.39 is 0 Å². The first-order valence-electron chi connectivity index (χ1n) is 6.49. The average molecular weight is 253 g/mol. The quantitative estimate of drug-likeness (QED) is 0.731. The Morgan fingerprint density at radius 1 is 1.56 bits per heavy atom. The number of carbonyl (C=O) groups excluding carboxylic acids is 1. The highest BCUT2D eigenvalue weighted by molar-refractivity contribution is 5.77. The molecule has 0 heterocycles. The van der Waals surface area contributed by atoms with Crippen LogP contribution in [0.5, 0.6) is 0 Å². The van der Waals surface area contributed by atoms with Gasteiger partial charge in [-0.2, -0.15) is 0 Å². The Balaban J connectivity index is 2.54. The monoisotopic (exact) mass is 253 g/mol. The lowest BCUT2D eigenvalue weighted by Gasteiger charge is -2.18. The highest BCUT2D eigenvalue weighted by Gasteiger charge is 2.15. The van der Waals surface area contributed by atoms with Gasteiger partial charge in [0.1, 0.15) is 18.1 Å². The van der Waals surface area contributed by atoms with E-state index in [1.807, 2.05) is 13.0 Å². The Labute approximate surface area is 109 Å². The lowest BCUT2D eigenvalue weighted by molar-refractivity contribution is -0.120. The van der Waals surface area contributed by atoms with Crippen molar-refractivity contribution >= 4 is 5.78 Å². The summed E-state index contributed by atoms with van der Waals surface area (Å²) in [7, 11) is 0. The van der Waals surface area contributed by atoms with Gasteiger partial charge in [-0.3, -0.25) is 4.79 Å². The fourth-order valence-electron chi connectivity index (χ4n) is 1.84. The second-order valence-corrected chi connectivity index (χ2v) is 4.80. The number of hydrogen-bond acceptors (Lipinski definition) is 4. The fourth-order valence-corrected chi connectivity index (χ4v) is 1.84. The first-order chi connectivity index (χ1) is 8.54. The summed E-state index contributed by atoms with van der Waals surface area (Å²) < 4.78 is 5.39. The van der Waals surface area contributed by atoms with E-state index in [1.54, 1.807) is 6.92 Å². The van der Waals surface area contributed by atoms with Crippen LogP contribution in [0, 0.1) is 5.92 Å². The molecule has 0 bridgehead atoms. The number of aliphatic hydroxyl groups excluding tert-OH is 1. The maximum absolute atomic E-state index is 11.2. The number of hydrogen-bond donors (Lipinski definition) is 2. The van der Waals surface area contributed by atoms with Gasteiger partial charge in [0.2, 0.25) is 0 Å². The van der Waals surface area contributed by atoms with E-state index >= 15 is 0 Å². The molecule has 102 valence electrons. The van der Waals surface area contributed by atoms with Crippen LogP contribution < -0.4 is 5.73 Å². The van der Waals surface area contributed by atoms with E-state index in [2.05, 4.69) is 0 Å². The first kappa shape index (κ1) is 14.8. The van der Waals surface area contributed by atoms with E-state index in [4.69, 9.17) is 10.5 Å². The van der Waals surface area contributed by atoms with Gasteiger partial charge in [-0.15, -0.1) is 0 Å². The summed E-state index contributed by atoms with van der Waals surface area (Å²) in [4.78, 5) is 11.2. The van der Waals surface area contributed by atoms with Crippen LogP contribution in [0.3, 0.4) is 0 Å². The van der Waals surface area contributed by atoms with Crippen LogP contribution in [0.1, 0.15) is 39.5 Å². The zero-order valence-electron chi connectivity index (χ0n) is 11.2. The highest BCUT2D eigenvalue weighted by Crippen LogP contribution is 2.27. The van der Waals surface area contributed by atoms with E-state index in [1.165, 1.54) is 5.57 Å². The minimum absolute atomic E-state index is 0.0961. The van der Waals surface area contributed by atoms with Gasteiger partial charge in [-0.1, -0.05) is 12.5 Å². The fraction of sp³-hybridized carbons (Fsp3) is 0.643. The van der Waals surface area contributed by atoms with Crippen molar-refractivity contribution in [1.82, 2.24) is 0 Å². The number of ether oxygens (including phenoxy) is 1. The number of allylic oxidation sites excluding steroid dienone is 3. The third-order valence-electron chi connectivity index (χ3n) is 3.27. The van der Waals surface area contributed by atoms with Crippen molar-refractivity contribution in [2.75, 3.05) is 13.2 Å². The average Bonchev–Trinajstić information content (AvgIpc) is 2.35. The summed E-state index contributed by atoms with van der Waals surface area (Å²) in [5.74, 6) is 1.16. The van der Waals surface area contributed by atoms with Crippen LogP contribution in [-0.4, -0.2) is 24.0 Å². The third-order valence-corrected chi connectivity index (χ3v) is 3.27. The van der Waals surface area contributed by atoms with Crippen LogP contribution in [0.4, 0.5) is 0 Å². The molecule has 18 heavy (non-hydrogen) atoms. The molecule has 0 fully saturated rings. The molecular weight excluding hydrogens is 230 g/mol. The van der Waals surface area contributed by atoms with E-state index in [0.717, 1.165) is 19.3 Å². The molecule has 1 aliphatic rings. The summed E-state index contributed by atoms with van der Waals surface area (Å²) in [5.41, 5.74) is 6.60. The predicted octanol–water partition coefficient (Wildman–Crippen LogP) is 2.46. The van der Waals surface area contributed by atoms with Crippen molar-refractivity contribution in [2.45, 2.75) is 39.5 Å². The molecule has 1 rings (SSSR count). The molecule has 0 unspecified atom stereocenters. The predicted molar refractivity (Wildman–Crippen MR) is 71.1 cm³/mol. The molecule has 0 spiro atoms. The number of aliphatic hydroxyl groups is 1. The molecule has 0 aromatic rings. The summed E-state index contributed by atoms with van der Waals surface area (Å²) in [6.07, 6.45) is 5.07. The molecule has 0 saturated heterocycles. The normalized spacial score (nSPS) is 17.4. The SMILES string of the molecule is CC(=O)[C@@H](C)CCC1=CC(OCCN)=C(O)CC1. The van der Waals surface area contributed by atoms with Gasteiger partial charge in [0.15, 0.2) is 5.76 Å². The Morgan fingerprint density at radius 3 is 2.89 bits per heavy atom. The van der Waals surface area contributed by atoms with Crippen molar-refractivity contribution in [2.24, 2.45) is 11.7 Å². The van der Waals surface area contributed by atoms with Crippen LogP contribution in [0.25, 0.3) is 0 Å². The molecule has 0 radical (unpaired) electrons. The van der Waals surface area contributed by atoms with Crippen molar-refractivity contribution in [1.29, 1.82) is 0 Å². The van der Waals surface area contributed by atoms with E-state index in [-0.39, 0.29) is 11.7 Å². The molecule has 4 nitrogen and oxygen atoms in total. The molecule has 0 aromatic heterocycles. The molecular formula is C14H23NO3. The molecule has 0 aromatic carbocycles. The summed E-state index contributed by atoms with van der Waals surface area (Å²) >= 11 is 0. The highest BCUT2D eigenvalue weighted by atomic mass is 16.5. The maximum Gasteiger partial charge on any atom is 0.156 e. The van der Waals surface area contributed by atoms with Crippen LogP contribution in [0.15, 0.2) is 23.2 Å². The van der Waals surface area contributed by atoms with Crippen LogP contribution in [-0.2, 0) is 9.53 Å². The van der Waals surface area contributed by atoms with Gasteiger partial charge in [0.05, 0.1) is 0 Å². The summed E-state index contributed by atoms with van der Waals surface area (Å²) in [6.45, 7) is 4.42. The standard InChI is InChI=1S/C14H23NO3/c1-10(11(2)16)3-4-12-5-6-13(17)14(9-12)18-8-7-15/h9-10,17H,3-8,15H2,1-2H3/t10-/m0/s1. The molecule has 1 atom stereocenters. The molecule has 0 saturated carbocycles. The third kappa shape index (κ3) is 4.53. The zero-order valence-corrected chi connectivity index (χ0v) is 11.2. The van der Waals surface area contributed by atoms with Crippen LogP contribution in [0.2, 0.25) is 0 Å². The van der Waals surface area contributed by atoms with Gasteiger partial charge in [-0.25, -0.2) is 0 Å². The lowest BCUT2D eigenvalue weighted by Crippen LogP contribution is -2.11. The topological polar surface area (TPSA) is 72.5 Å². The molecule has 1 aliphatic carbocycles. The minimum atomic E-state index is 0.0961. The Morgan fingerprint density at radius 2 is 2.28 bits per heavy atom. The molecule has 0 aliphatic heterocycles. The Bertz CT molecular complexity index is 358. The molecule has 0 amide bonds. The van der Waals surface area contributed by atoms with Gasteiger partial charge < -0.3 is 15.6 Å². The van der Waals surface area contributed by atoms with Crippen molar-refractivity contribution < 1.29 is 14.6 Å². The van der Waals surface area contributed by atoms with Crippen molar-refractivity contribution in [3.8, 4) is 0 Å². The molecule has 4 heteroatoms. The minimum Gasteiger partial charge on any atom is -0.508 e. The molecule has 3 N–H and O–H groups in total. The van der Waals surface area contributed by atoms with Crippen LogP contribution >= 0.6 is 0 Å². The smallest absolute Gasteiger partial charge is 0.156 e. The summed E-state index contributed by atoms with van der Waals surface area (Å²) in [5, 5.41) is 9.69. The van der Waals surface area contributed by atoms with Gasteiger partial charge in [0, 0.05) is 18.9 Å². The van der Waals surface area contributed by atoms with Crippen molar-refractivity contribution in [3.63, 3.8) is 0 Å². The second-order valence-electron chi connectivity index (χ2n) is 4.80. The zero-order chi connectivity index (χ0) is 13.5. The number of Topliss-reactive ketones (excluding diaryl/α,β-unsaturated/α-hetero) is 1. The van der Waals surface area contributed by atoms with Crippen molar-refractivity contribution in [3.05, 3.63) is 23.2 Å². The van der Waals surface area contributed by atoms with Gasteiger partial charge in [-0.05, 0) is 32.3 Å². The van der Waals surface area contributed by atoms with Gasteiger partial charge in [0.25, 0.3) is 0 Å². The number of ketones is 1. The Hall–Kier alpha value is -1.29. The largest absolute Gasteiger partial charge is 0.508 e. The Kier molecular flexibility index (Phi) is 5.92. The summed E-state index contributed by atoms with van der Waals surface area (Å²) in [6, 6.07) is 0. The van der Waals surface area contributed by atoms with E-state index in [9.17, 15) is 9.90 Å². The van der Waals surface area contributed by atoms with Gasteiger partial charge >= 0.3 is 0 Å².